The quantitative estimate of drug-likeness (QED) is 0.674. The number of aliphatic hydroxyl groups is 1. The molecule has 0 aliphatic rings. The van der Waals surface area contributed by atoms with Crippen molar-refractivity contribution in [3.63, 3.8) is 0 Å². The third-order valence-electron chi connectivity index (χ3n) is 3.60. The second kappa shape index (κ2) is 8.46. The van der Waals surface area contributed by atoms with Gasteiger partial charge in [-0.05, 0) is 18.9 Å². The molecule has 118 valence electrons. The molecular weight excluding hydrogens is 272 g/mol. The molecule has 2 atom stereocenters. The van der Waals surface area contributed by atoms with E-state index in [-0.39, 0.29) is 24.3 Å². The Bertz CT molecular complexity index is 441. The van der Waals surface area contributed by atoms with E-state index in [1.54, 1.807) is 6.92 Å². The molecule has 2 amide bonds. The molecule has 0 saturated heterocycles. The Kier molecular flexibility index (Phi) is 6.94. The molecular formula is C15H24N2O4. The van der Waals surface area contributed by atoms with Gasteiger partial charge in [-0.15, -0.1) is 0 Å². The van der Waals surface area contributed by atoms with Gasteiger partial charge in [0.05, 0.1) is 17.9 Å². The topological polar surface area (TPSA) is 91.6 Å². The fourth-order valence-corrected chi connectivity index (χ4v) is 2.10. The molecule has 6 nitrogen and oxygen atoms in total. The lowest BCUT2D eigenvalue weighted by Gasteiger charge is -2.21. The summed E-state index contributed by atoms with van der Waals surface area (Å²) in [6.07, 6.45) is 3.86. The van der Waals surface area contributed by atoms with Gasteiger partial charge in [0.1, 0.15) is 12.3 Å². The number of furan rings is 1. The van der Waals surface area contributed by atoms with E-state index in [0.29, 0.717) is 5.56 Å². The molecule has 2 unspecified atom stereocenters. The summed E-state index contributed by atoms with van der Waals surface area (Å²) in [6.45, 7) is 5.80. The van der Waals surface area contributed by atoms with Crippen molar-refractivity contribution in [3.05, 3.63) is 24.2 Å². The van der Waals surface area contributed by atoms with Gasteiger partial charge in [-0.2, -0.15) is 0 Å². The molecule has 0 aliphatic heterocycles. The van der Waals surface area contributed by atoms with E-state index in [1.807, 2.05) is 13.8 Å². The summed E-state index contributed by atoms with van der Waals surface area (Å²) in [5.74, 6) is -0.523. The van der Waals surface area contributed by atoms with E-state index >= 15 is 0 Å². The predicted molar refractivity (Wildman–Crippen MR) is 78.7 cm³/mol. The minimum absolute atomic E-state index is 0.168. The zero-order valence-corrected chi connectivity index (χ0v) is 12.8. The van der Waals surface area contributed by atoms with Crippen molar-refractivity contribution in [2.45, 2.75) is 45.8 Å². The number of amides is 2. The number of aliphatic hydroxyl groups excluding tert-OH is 1. The molecule has 0 spiro atoms. The second-order valence-corrected chi connectivity index (χ2v) is 5.10. The maximum absolute atomic E-state index is 11.9. The molecule has 0 bridgehead atoms. The van der Waals surface area contributed by atoms with E-state index in [0.717, 1.165) is 12.8 Å². The van der Waals surface area contributed by atoms with E-state index in [2.05, 4.69) is 10.6 Å². The molecule has 21 heavy (non-hydrogen) atoms. The van der Waals surface area contributed by atoms with Crippen LogP contribution in [-0.2, 0) is 4.79 Å². The van der Waals surface area contributed by atoms with Crippen LogP contribution in [0.25, 0.3) is 0 Å². The average molecular weight is 296 g/mol. The normalized spacial score (nSPS) is 13.8. The summed E-state index contributed by atoms with van der Waals surface area (Å²) < 4.78 is 4.81. The van der Waals surface area contributed by atoms with Crippen LogP contribution in [0, 0.1) is 5.92 Å². The largest absolute Gasteiger partial charge is 0.472 e. The van der Waals surface area contributed by atoms with Gasteiger partial charge in [0.15, 0.2) is 0 Å². The number of carbonyl (C=O) groups excluding carboxylic acids is 2. The van der Waals surface area contributed by atoms with Crippen LogP contribution >= 0.6 is 0 Å². The van der Waals surface area contributed by atoms with Gasteiger partial charge in [-0.25, -0.2) is 0 Å². The molecule has 0 aromatic carbocycles. The number of hydrogen-bond donors (Lipinski definition) is 3. The predicted octanol–water partition coefficient (Wildman–Crippen LogP) is 1.31. The van der Waals surface area contributed by atoms with Gasteiger partial charge in [0.2, 0.25) is 5.91 Å². The molecule has 1 aromatic rings. The number of rotatable bonds is 8. The van der Waals surface area contributed by atoms with Crippen LogP contribution < -0.4 is 10.6 Å². The highest BCUT2D eigenvalue weighted by molar-refractivity contribution is 5.97. The fraction of sp³-hybridized carbons (Fsp3) is 0.600. The van der Waals surface area contributed by atoms with Crippen LogP contribution in [-0.4, -0.2) is 35.6 Å². The second-order valence-electron chi connectivity index (χ2n) is 5.10. The Morgan fingerprint density at radius 3 is 2.52 bits per heavy atom. The van der Waals surface area contributed by atoms with Crippen molar-refractivity contribution < 1.29 is 19.1 Å². The molecule has 3 N–H and O–H groups in total. The summed E-state index contributed by atoms with van der Waals surface area (Å²) in [5, 5.41) is 15.2. The molecule has 1 aromatic heterocycles. The minimum atomic E-state index is -0.679. The van der Waals surface area contributed by atoms with Crippen LogP contribution in [0.2, 0.25) is 0 Å². The third kappa shape index (κ3) is 5.23. The molecule has 6 heteroatoms. The zero-order valence-electron chi connectivity index (χ0n) is 12.8. The fourth-order valence-electron chi connectivity index (χ4n) is 2.10. The Balaban J connectivity index is 2.39. The number of nitrogens with one attached hydrogen (secondary N) is 2. The molecule has 1 rings (SSSR count). The molecule has 0 aliphatic carbocycles. The van der Waals surface area contributed by atoms with Crippen molar-refractivity contribution in [2.24, 2.45) is 5.92 Å². The van der Waals surface area contributed by atoms with Crippen LogP contribution in [0.15, 0.2) is 23.0 Å². The van der Waals surface area contributed by atoms with E-state index in [4.69, 9.17) is 4.42 Å². The molecule has 0 fully saturated rings. The van der Waals surface area contributed by atoms with E-state index in [9.17, 15) is 14.7 Å². The minimum Gasteiger partial charge on any atom is -0.472 e. The summed E-state index contributed by atoms with van der Waals surface area (Å²) >= 11 is 0. The summed E-state index contributed by atoms with van der Waals surface area (Å²) in [7, 11) is 0. The zero-order chi connectivity index (χ0) is 15.8. The Labute approximate surface area is 124 Å². The Hall–Kier alpha value is -1.82. The van der Waals surface area contributed by atoms with Crippen molar-refractivity contribution in [1.82, 2.24) is 10.6 Å². The first-order valence-electron chi connectivity index (χ1n) is 7.28. The van der Waals surface area contributed by atoms with Gasteiger partial charge in [0.25, 0.3) is 5.91 Å². The van der Waals surface area contributed by atoms with E-state index < -0.39 is 12.1 Å². The van der Waals surface area contributed by atoms with Crippen LogP contribution in [0.3, 0.4) is 0 Å². The average Bonchev–Trinajstić information content (AvgIpc) is 3.00. The van der Waals surface area contributed by atoms with Gasteiger partial charge in [-0.3, -0.25) is 9.59 Å². The maximum Gasteiger partial charge on any atom is 0.255 e. The lowest BCUT2D eigenvalue weighted by Crippen LogP contribution is -2.47. The standard InChI is InChI=1S/C15H24N2O4/c1-4-11(5-2)13(18)8-16-14(19)10(3)17-15(20)12-6-7-21-9-12/h6-7,9-11,13,18H,4-5,8H2,1-3H3,(H,16,19)(H,17,20). The summed E-state index contributed by atoms with van der Waals surface area (Å²) in [5.41, 5.74) is 0.367. The monoisotopic (exact) mass is 296 g/mol. The number of carbonyl (C=O) groups is 2. The van der Waals surface area contributed by atoms with Gasteiger partial charge >= 0.3 is 0 Å². The summed E-state index contributed by atoms with van der Waals surface area (Å²) in [6, 6.07) is 0.845. The molecule has 0 saturated carbocycles. The lowest BCUT2D eigenvalue weighted by molar-refractivity contribution is -0.123. The highest BCUT2D eigenvalue weighted by Gasteiger charge is 2.20. The maximum atomic E-state index is 11.9. The summed E-state index contributed by atoms with van der Waals surface area (Å²) in [4.78, 5) is 23.7. The van der Waals surface area contributed by atoms with Crippen LogP contribution in [0.5, 0.6) is 0 Å². The Morgan fingerprint density at radius 2 is 2.00 bits per heavy atom. The van der Waals surface area contributed by atoms with Crippen molar-refractivity contribution in [2.75, 3.05) is 6.54 Å². The number of hydrogen-bond acceptors (Lipinski definition) is 4. The molecule has 0 radical (unpaired) electrons. The highest BCUT2D eigenvalue weighted by Crippen LogP contribution is 2.12. The van der Waals surface area contributed by atoms with Gasteiger partial charge in [0, 0.05) is 6.54 Å². The van der Waals surface area contributed by atoms with Crippen LogP contribution in [0.1, 0.15) is 44.0 Å². The highest BCUT2D eigenvalue weighted by atomic mass is 16.3. The van der Waals surface area contributed by atoms with Crippen molar-refractivity contribution in [1.29, 1.82) is 0 Å². The Morgan fingerprint density at radius 1 is 1.33 bits per heavy atom. The first kappa shape index (κ1) is 17.2. The van der Waals surface area contributed by atoms with Gasteiger partial charge < -0.3 is 20.2 Å². The SMILES string of the molecule is CCC(CC)C(O)CNC(=O)C(C)NC(=O)c1ccoc1. The third-order valence-corrected chi connectivity index (χ3v) is 3.60. The van der Waals surface area contributed by atoms with Gasteiger partial charge in [-0.1, -0.05) is 26.7 Å². The smallest absolute Gasteiger partial charge is 0.255 e. The first-order valence-corrected chi connectivity index (χ1v) is 7.28. The van der Waals surface area contributed by atoms with E-state index in [1.165, 1.54) is 18.6 Å². The van der Waals surface area contributed by atoms with Crippen LogP contribution in [0.4, 0.5) is 0 Å². The molecule has 1 heterocycles. The first-order chi connectivity index (χ1) is 9.99. The van der Waals surface area contributed by atoms with Crippen molar-refractivity contribution >= 4 is 11.8 Å². The van der Waals surface area contributed by atoms with Crippen molar-refractivity contribution in [3.8, 4) is 0 Å². The lowest BCUT2D eigenvalue weighted by atomic mass is 9.96.